The fraction of sp³-hybridized carbons (Fsp3) is 0.143. The molecule has 0 aliphatic rings. The molecule has 0 spiro atoms. The lowest BCUT2D eigenvalue weighted by molar-refractivity contribution is 0.414. The van der Waals surface area contributed by atoms with Crippen LogP contribution in [-0.2, 0) is 5.75 Å². The second kappa shape index (κ2) is 6.50. The van der Waals surface area contributed by atoms with Crippen LogP contribution in [0.3, 0.4) is 0 Å². The molecule has 0 amide bonds. The van der Waals surface area contributed by atoms with Crippen LogP contribution in [0, 0.1) is 0 Å². The van der Waals surface area contributed by atoms with Gasteiger partial charge in [-0.3, -0.25) is 0 Å². The standard InChI is InChI=1S/C14H12BrClOS/c1-17-12-5-6-14(15)10(7-12)9-18-13-4-2-3-11(16)8-13/h2-8H,9H2,1H3. The minimum absolute atomic E-state index is 0.768. The van der Waals surface area contributed by atoms with Gasteiger partial charge in [0.2, 0.25) is 0 Å². The van der Waals surface area contributed by atoms with Crippen molar-refractivity contribution >= 4 is 39.3 Å². The van der Waals surface area contributed by atoms with Gasteiger partial charge in [-0.25, -0.2) is 0 Å². The van der Waals surface area contributed by atoms with Gasteiger partial charge in [0.25, 0.3) is 0 Å². The Morgan fingerprint density at radius 2 is 2.06 bits per heavy atom. The molecule has 0 unspecified atom stereocenters. The number of methoxy groups -OCH3 is 1. The van der Waals surface area contributed by atoms with Crippen molar-refractivity contribution < 1.29 is 4.74 Å². The van der Waals surface area contributed by atoms with Gasteiger partial charge in [0.05, 0.1) is 7.11 Å². The Morgan fingerprint density at radius 1 is 1.22 bits per heavy atom. The molecule has 0 N–H and O–H groups in total. The third-order valence-electron chi connectivity index (χ3n) is 2.44. The molecule has 1 nitrogen and oxygen atoms in total. The summed E-state index contributed by atoms with van der Waals surface area (Å²) in [6.07, 6.45) is 0. The average molecular weight is 344 g/mol. The number of halogens is 2. The van der Waals surface area contributed by atoms with Crippen LogP contribution in [-0.4, -0.2) is 7.11 Å². The van der Waals surface area contributed by atoms with Crippen molar-refractivity contribution in [3.63, 3.8) is 0 Å². The molecule has 94 valence electrons. The molecule has 0 saturated heterocycles. The highest BCUT2D eigenvalue weighted by molar-refractivity contribution is 9.10. The van der Waals surface area contributed by atoms with Gasteiger partial charge in [0.15, 0.2) is 0 Å². The van der Waals surface area contributed by atoms with Gasteiger partial charge in [0.1, 0.15) is 5.75 Å². The molecule has 0 radical (unpaired) electrons. The lowest BCUT2D eigenvalue weighted by atomic mass is 10.2. The van der Waals surface area contributed by atoms with E-state index in [1.54, 1.807) is 18.9 Å². The van der Waals surface area contributed by atoms with Crippen LogP contribution in [0.4, 0.5) is 0 Å². The van der Waals surface area contributed by atoms with Crippen LogP contribution in [0.5, 0.6) is 5.75 Å². The third-order valence-corrected chi connectivity index (χ3v) is 4.49. The molecular formula is C14H12BrClOS. The van der Waals surface area contributed by atoms with Gasteiger partial charge in [-0.05, 0) is 42.0 Å². The summed E-state index contributed by atoms with van der Waals surface area (Å²) in [5.41, 5.74) is 1.21. The predicted octanol–water partition coefficient (Wildman–Crippen LogP) is 5.40. The van der Waals surface area contributed by atoms with E-state index in [9.17, 15) is 0 Å². The molecule has 0 heterocycles. The van der Waals surface area contributed by atoms with E-state index in [-0.39, 0.29) is 0 Å². The lowest BCUT2D eigenvalue weighted by Gasteiger charge is -2.07. The highest BCUT2D eigenvalue weighted by Gasteiger charge is 2.03. The molecule has 4 heteroatoms. The van der Waals surface area contributed by atoms with E-state index in [0.717, 1.165) is 25.9 Å². The maximum Gasteiger partial charge on any atom is 0.119 e. The average Bonchev–Trinajstić information content (AvgIpc) is 2.38. The minimum Gasteiger partial charge on any atom is -0.497 e. The monoisotopic (exact) mass is 342 g/mol. The fourth-order valence-electron chi connectivity index (χ4n) is 1.51. The lowest BCUT2D eigenvalue weighted by Crippen LogP contribution is -1.87. The Balaban J connectivity index is 2.10. The number of benzene rings is 2. The molecule has 0 atom stereocenters. The number of thioether (sulfide) groups is 1. The van der Waals surface area contributed by atoms with Crippen LogP contribution in [0.25, 0.3) is 0 Å². The van der Waals surface area contributed by atoms with Crippen molar-refractivity contribution in [2.24, 2.45) is 0 Å². The minimum atomic E-state index is 0.768. The van der Waals surface area contributed by atoms with Crippen molar-refractivity contribution in [1.29, 1.82) is 0 Å². The van der Waals surface area contributed by atoms with Gasteiger partial charge < -0.3 is 4.74 Å². The normalized spacial score (nSPS) is 10.4. The number of hydrogen-bond donors (Lipinski definition) is 0. The topological polar surface area (TPSA) is 9.23 Å². The molecule has 2 aromatic carbocycles. The zero-order chi connectivity index (χ0) is 13.0. The molecule has 0 fully saturated rings. The van der Waals surface area contributed by atoms with Crippen LogP contribution in [0.2, 0.25) is 5.02 Å². The highest BCUT2D eigenvalue weighted by Crippen LogP contribution is 2.30. The van der Waals surface area contributed by atoms with Gasteiger partial charge in [-0.15, -0.1) is 11.8 Å². The maximum absolute atomic E-state index is 5.96. The maximum atomic E-state index is 5.96. The van der Waals surface area contributed by atoms with E-state index in [1.807, 2.05) is 36.4 Å². The first-order valence-corrected chi connectivity index (χ1v) is 7.55. The second-order valence-electron chi connectivity index (χ2n) is 3.70. The van der Waals surface area contributed by atoms with Gasteiger partial charge in [0, 0.05) is 20.1 Å². The van der Waals surface area contributed by atoms with E-state index in [0.29, 0.717) is 0 Å². The molecule has 0 aliphatic heterocycles. The largest absolute Gasteiger partial charge is 0.497 e. The highest BCUT2D eigenvalue weighted by atomic mass is 79.9. The molecule has 18 heavy (non-hydrogen) atoms. The Labute approximate surface area is 125 Å². The van der Waals surface area contributed by atoms with Gasteiger partial charge in [-0.1, -0.05) is 33.6 Å². The van der Waals surface area contributed by atoms with Gasteiger partial charge in [-0.2, -0.15) is 0 Å². The van der Waals surface area contributed by atoms with E-state index >= 15 is 0 Å². The van der Waals surface area contributed by atoms with E-state index < -0.39 is 0 Å². The first kappa shape index (κ1) is 13.8. The summed E-state index contributed by atoms with van der Waals surface area (Å²) in [7, 11) is 1.68. The number of rotatable bonds is 4. The molecule has 2 aromatic rings. The summed E-state index contributed by atoms with van der Waals surface area (Å²) in [6.45, 7) is 0. The van der Waals surface area contributed by atoms with Crippen LogP contribution in [0.1, 0.15) is 5.56 Å². The van der Waals surface area contributed by atoms with Crippen molar-refractivity contribution in [2.45, 2.75) is 10.6 Å². The summed E-state index contributed by atoms with van der Waals surface area (Å²) in [6, 6.07) is 13.9. The Bertz CT molecular complexity index is 545. The second-order valence-corrected chi connectivity index (χ2v) is 6.04. The molecule has 0 saturated carbocycles. The summed E-state index contributed by atoms with van der Waals surface area (Å²) in [4.78, 5) is 1.16. The first-order valence-electron chi connectivity index (χ1n) is 5.40. The predicted molar refractivity (Wildman–Crippen MR) is 81.7 cm³/mol. The molecular weight excluding hydrogens is 332 g/mol. The smallest absolute Gasteiger partial charge is 0.119 e. The van der Waals surface area contributed by atoms with Crippen LogP contribution in [0.15, 0.2) is 51.8 Å². The zero-order valence-electron chi connectivity index (χ0n) is 9.82. The number of hydrogen-bond acceptors (Lipinski definition) is 2. The summed E-state index contributed by atoms with van der Waals surface area (Å²) in [5, 5.41) is 0.768. The quantitative estimate of drug-likeness (QED) is 0.687. The van der Waals surface area contributed by atoms with E-state index in [2.05, 4.69) is 22.0 Å². The van der Waals surface area contributed by atoms with Crippen molar-refractivity contribution in [2.75, 3.05) is 7.11 Å². The Kier molecular flexibility index (Phi) is 4.98. The van der Waals surface area contributed by atoms with Crippen molar-refractivity contribution in [3.05, 3.63) is 57.5 Å². The third kappa shape index (κ3) is 3.67. The SMILES string of the molecule is COc1ccc(Br)c(CSc2cccc(Cl)c2)c1. The van der Waals surface area contributed by atoms with Crippen molar-refractivity contribution in [1.82, 2.24) is 0 Å². The first-order chi connectivity index (χ1) is 8.69. The van der Waals surface area contributed by atoms with Crippen molar-refractivity contribution in [3.8, 4) is 5.75 Å². The molecule has 0 bridgehead atoms. The van der Waals surface area contributed by atoms with Gasteiger partial charge >= 0.3 is 0 Å². The molecule has 0 aromatic heterocycles. The summed E-state index contributed by atoms with van der Waals surface area (Å²) in [5.74, 6) is 1.75. The Morgan fingerprint density at radius 3 is 2.78 bits per heavy atom. The number of ether oxygens (including phenoxy) is 1. The fourth-order valence-corrected chi connectivity index (χ4v) is 3.28. The molecule has 0 aliphatic carbocycles. The Hall–Kier alpha value is -0.640. The van der Waals surface area contributed by atoms with E-state index in [4.69, 9.17) is 16.3 Å². The summed E-state index contributed by atoms with van der Waals surface area (Å²) >= 11 is 11.3. The zero-order valence-corrected chi connectivity index (χ0v) is 13.0. The molecule has 2 rings (SSSR count). The van der Waals surface area contributed by atoms with Crippen LogP contribution < -0.4 is 4.74 Å². The van der Waals surface area contributed by atoms with E-state index in [1.165, 1.54) is 5.56 Å². The van der Waals surface area contributed by atoms with Crippen LogP contribution >= 0.6 is 39.3 Å². The summed E-state index contributed by atoms with van der Waals surface area (Å²) < 4.78 is 6.33.